The molecule has 0 aliphatic carbocycles. The van der Waals surface area contributed by atoms with Crippen LogP contribution in [-0.2, 0) is 16.4 Å². The van der Waals surface area contributed by atoms with Crippen LogP contribution in [0.4, 0.5) is 0 Å². The zero-order chi connectivity index (χ0) is 17.6. The van der Waals surface area contributed by atoms with E-state index in [1.807, 2.05) is 18.2 Å². The van der Waals surface area contributed by atoms with Crippen molar-refractivity contribution in [3.63, 3.8) is 0 Å². The van der Waals surface area contributed by atoms with Gasteiger partial charge in [-0.3, -0.25) is 9.89 Å². The smallest absolute Gasteiger partial charge is 0.191 e. The van der Waals surface area contributed by atoms with Gasteiger partial charge in [-0.2, -0.15) is 0 Å². The highest BCUT2D eigenvalue weighted by Gasteiger charge is 2.28. The third kappa shape index (κ3) is 5.79. The number of benzene rings is 1. The molecule has 1 fully saturated rings. The number of guanidine groups is 1. The van der Waals surface area contributed by atoms with Crippen molar-refractivity contribution in [2.75, 3.05) is 32.1 Å². The quantitative estimate of drug-likeness (QED) is 0.587. The van der Waals surface area contributed by atoms with Crippen molar-refractivity contribution in [3.05, 3.63) is 35.9 Å². The minimum Gasteiger partial charge on any atom is -0.355 e. The van der Waals surface area contributed by atoms with E-state index in [1.54, 1.807) is 7.05 Å². The lowest BCUT2D eigenvalue weighted by molar-refractivity contribution is 0.249. The van der Waals surface area contributed by atoms with E-state index in [0.717, 1.165) is 13.1 Å². The Hall–Kier alpha value is -1.60. The molecule has 0 saturated carbocycles. The van der Waals surface area contributed by atoms with E-state index < -0.39 is 9.84 Å². The average molecular weight is 353 g/mol. The highest BCUT2D eigenvalue weighted by Crippen LogP contribution is 2.11. The second-order valence-corrected chi connectivity index (χ2v) is 8.68. The summed E-state index contributed by atoms with van der Waals surface area (Å²) < 4.78 is 23.1. The van der Waals surface area contributed by atoms with Gasteiger partial charge in [0.2, 0.25) is 0 Å². The van der Waals surface area contributed by atoms with Crippen molar-refractivity contribution < 1.29 is 8.42 Å². The van der Waals surface area contributed by atoms with E-state index in [1.165, 1.54) is 5.56 Å². The normalized spacial score (nSPS) is 21.7. The van der Waals surface area contributed by atoms with E-state index in [-0.39, 0.29) is 17.5 Å². The number of aliphatic imine (C=N–C) groups is 1. The summed E-state index contributed by atoms with van der Waals surface area (Å²) >= 11 is 0. The molecule has 2 rings (SSSR count). The van der Waals surface area contributed by atoms with Crippen LogP contribution in [0.3, 0.4) is 0 Å². The SMILES string of the molecule is CN=C(NCC(C)N(C)Cc1ccccc1)NC1CCS(=O)(=O)C1. The lowest BCUT2D eigenvalue weighted by atomic mass is 10.2. The molecule has 2 unspecified atom stereocenters. The summed E-state index contributed by atoms with van der Waals surface area (Å²) in [6.45, 7) is 3.78. The minimum atomic E-state index is -2.88. The molecule has 0 spiro atoms. The molecule has 1 heterocycles. The van der Waals surface area contributed by atoms with Crippen LogP contribution in [0.15, 0.2) is 35.3 Å². The molecule has 1 aliphatic heterocycles. The fraction of sp³-hybridized carbons (Fsp3) is 0.588. The maximum Gasteiger partial charge on any atom is 0.191 e. The summed E-state index contributed by atoms with van der Waals surface area (Å²) in [7, 11) is 0.920. The molecule has 2 atom stereocenters. The molecule has 0 bridgehead atoms. The van der Waals surface area contributed by atoms with Gasteiger partial charge in [0.25, 0.3) is 0 Å². The van der Waals surface area contributed by atoms with Crippen LogP contribution in [0.5, 0.6) is 0 Å². The van der Waals surface area contributed by atoms with Gasteiger partial charge in [-0.1, -0.05) is 30.3 Å². The van der Waals surface area contributed by atoms with Crippen molar-refractivity contribution >= 4 is 15.8 Å². The molecule has 1 aromatic carbocycles. The lowest BCUT2D eigenvalue weighted by Crippen LogP contribution is -2.48. The van der Waals surface area contributed by atoms with Gasteiger partial charge >= 0.3 is 0 Å². The van der Waals surface area contributed by atoms with Crippen molar-refractivity contribution in [1.82, 2.24) is 15.5 Å². The zero-order valence-corrected chi connectivity index (χ0v) is 15.5. The average Bonchev–Trinajstić information content (AvgIpc) is 2.90. The first-order valence-corrected chi connectivity index (χ1v) is 10.1. The molecular weight excluding hydrogens is 324 g/mol. The van der Waals surface area contributed by atoms with Gasteiger partial charge in [-0.05, 0) is 26.0 Å². The van der Waals surface area contributed by atoms with Gasteiger partial charge in [-0.25, -0.2) is 8.42 Å². The molecule has 134 valence electrons. The van der Waals surface area contributed by atoms with E-state index in [9.17, 15) is 8.42 Å². The first-order valence-electron chi connectivity index (χ1n) is 8.31. The predicted octanol–water partition coefficient (Wildman–Crippen LogP) is 0.859. The van der Waals surface area contributed by atoms with Gasteiger partial charge in [0.1, 0.15) is 0 Å². The fourth-order valence-electron chi connectivity index (χ4n) is 2.72. The molecule has 1 aliphatic rings. The van der Waals surface area contributed by atoms with Crippen LogP contribution in [-0.4, -0.2) is 63.5 Å². The van der Waals surface area contributed by atoms with Crippen LogP contribution < -0.4 is 10.6 Å². The number of hydrogen-bond donors (Lipinski definition) is 2. The van der Waals surface area contributed by atoms with Crippen LogP contribution in [0, 0.1) is 0 Å². The molecule has 2 N–H and O–H groups in total. The third-order valence-electron chi connectivity index (χ3n) is 4.39. The molecule has 7 heteroatoms. The summed E-state index contributed by atoms with van der Waals surface area (Å²) in [4.78, 5) is 6.47. The zero-order valence-electron chi connectivity index (χ0n) is 14.7. The lowest BCUT2D eigenvalue weighted by Gasteiger charge is -2.26. The molecular formula is C17H28N4O2S. The van der Waals surface area contributed by atoms with Gasteiger partial charge in [0, 0.05) is 32.2 Å². The molecule has 1 aromatic rings. The van der Waals surface area contributed by atoms with Crippen molar-refractivity contribution in [2.24, 2.45) is 4.99 Å². The Kier molecular flexibility index (Phi) is 6.62. The number of hydrogen-bond acceptors (Lipinski definition) is 4. The minimum absolute atomic E-state index is 0.0430. The first-order chi connectivity index (χ1) is 11.4. The summed E-state index contributed by atoms with van der Waals surface area (Å²) in [5.74, 6) is 1.12. The number of sulfone groups is 1. The van der Waals surface area contributed by atoms with Gasteiger partial charge in [0.05, 0.1) is 11.5 Å². The van der Waals surface area contributed by atoms with E-state index in [0.29, 0.717) is 18.4 Å². The monoisotopic (exact) mass is 352 g/mol. The number of rotatable bonds is 6. The third-order valence-corrected chi connectivity index (χ3v) is 6.16. The Labute approximate surface area is 145 Å². The molecule has 6 nitrogen and oxygen atoms in total. The van der Waals surface area contributed by atoms with Crippen molar-refractivity contribution in [3.8, 4) is 0 Å². The van der Waals surface area contributed by atoms with Crippen molar-refractivity contribution in [2.45, 2.75) is 32.0 Å². The second-order valence-electron chi connectivity index (χ2n) is 6.45. The molecule has 0 radical (unpaired) electrons. The Morgan fingerprint density at radius 3 is 2.67 bits per heavy atom. The van der Waals surface area contributed by atoms with Crippen LogP contribution in [0.25, 0.3) is 0 Å². The fourth-order valence-corrected chi connectivity index (χ4v) is 4.40. The Morgan fingerprint density at radius 2 is 2.08 bits per heavy atom. The Balaban J connectivity index is 1.78. The number of nitrogens with one attached hydrogen (secondary N) is 2. The summed E-state index contributed by atoms with van der Waals surface area (Å²) in [5.41, 5.74) is 1.28. The maximum atomic E-state index is 11.5. The number of likely N-dealkylation sites (N-methyl/N-ethyl adjacent to an activating group) is 1. The van der Waals surface area contributed by atoms with Crippen LogP contribution >= 0.6 is 0 Å². The second kappa shape index (κ2) is 8.48. The van der Waals surface area contributed by atoms with Crippen LogP contribution in [0.2, 0.25) is 0 Å². The summed E-state index contributed by atoms with van der Waals surface area (Å²) in [6.07, 6.45) is 0.645. The van der Waals surface area contributed by atoms with Crippen molar-refractivity contribution in [1.29, 1.82) is 0 Å². The van der Waals surface area contributed by atoms with Gasteiger partial charge in [-0.15, -0.1) is 0 Å². The van der Waals surface area contributed by atoms with E-state index in [2.05, 4.69) is 46.6 Å². The standard InChI is InChI=1S/C17H28N4O2S/c1-14(21(3)12-15-7-5-4-6-8-15)11-19-17(18-2)20-16-9-10-24(22,23)13-16/h4-8,14,16H,9-13H2,1-3H3,(H2,18,19,20). The molecule has 1 saturated heterocycles. The van der Waals surface area contributed by atoms with Crippen LogP contribution in [0.1, 0.15) is 18.9 Å². The Morgan fingerprint density at radius 1 is 1.38 bits per heavy atom. The first kappa shape index (κ1) is 18.7. The molecule has 0 amide bonds. The summed E-state index contributed by atoms with van der Waals surface area (Å²) in [5, 5.41) is 6.50. The predicted molar refractivity (Wildman–Crippen MR) is 98.9 cm³/mol. The largest absolute Gasteiger partial charge is 0.355 e. The topological polar surface area (TPSA) is 73.8 Å². The Bertz CT molecular complexity index is 646. The van der Waals surface area contributed by atoms with Gasteiger partial charge < -0.3 is 10.6 Å². The highest BCUT2D eigenvalue weighted by atomic mass is 32.2. The van der Waals surface area contributed by atoms with E-state index >= 15 is 0 Å². The van der Waals surface area contributed by atoms with Gasteiger partial charge in [0.15, 0.2) is 15.8 Å². The number of nitrogens with zero attached hydrogens (tertiary/aromatic N) is 2. The summed E-state index contributed by atoms with van der Waals surface area (Å²) in [6, 6.07) is 10.6. The highest BCUT2D eigenvalue weighted by molar-refractivity contribution is 7.91. The molecule has 24 heavy (non-hydrogen) atoms. The molecule has 0 aromatic heterocycles. The van der Waals surface area contributed by atoms with E-state index in [4.69, 9.17) is 0 Å². The maximum absolute atomic E-state index is 11.5.